The Kier molecular flexibility index (Phi) is 3.98. The van der Waals surface area contributed by atoms with Gasteiger partial charge in [-0.25, -0.2) is 4.98 Å². The van der Waals surface area contributed by atoms with E-state index in [0.29, 0.717) is 35.0 Å². The first-order valence-electron chi connectivity index (χ1n) is 9.36. The van der Waals surface area contributed by atoms with Crippen molar-refractivity contribution in [1.82, 2.24) is 15.3 Å². The minimum atomic E-state index is -0.489. The molecule has 0 aromatic carbocycles. The molecule has 5 rings (SSSR count). The first-order valence-corrected chi connectivity index (χ1v) is 9.36. The van der Waals surface area contributed by atoms with Gasteiger partial charge in [0.1, 0.15) is 11.4 Å². The Morgan fingerprint density at radius 1 is 1.32 bits per heavy atom. The van der Waals surface area contributed by atoms with E-state index in [1.165, 1.54) is 0 Å². The molecule has 0 saturated heterocycles. The second-order valence-corrected chi connectivity index (χ2v) is 8.50. The minimum Gasteiger partial charge on any atom is -0.474 e. The Hall–Kier alpha value is -1.69. The van der Waals surface area contributed by atoms with Crippen molar-refractivity contribution in [3.05, 3.63) is 17.6 Å². The lowest BCUT2D eigenvalue weighted by Gasteiger charge is -2.58. The number of nitrogens with zero attached hydrogens (tertiary/aromatic N) is 2. The lowest BCUT2D eigenvalue weighted by molar-refractivity contribution is -0.136. The second kappa shape index (κ2) is 5.94. The third-order valence-electron chi connectivity index (χ3n) is 6.00. The number of aliphatic hydroxyl groups is 1. The highest BCUT2D eigenvalue weighted by Crippen LogP contribution is 2.55. The molecule has 4 aliphatic rings. The molecule has 4 fully saturated rings. The van der Waals surface area contributed by atoms with Crippen molar-refractivity contribution < 1.29 is 14.6 Å². The molecule has 4 bridgehead atoms. The van der Waals surface area contributed by atoms with Crippen molar-refractivity contribution in [1.29, 1.82) is 0 Å². The molecule has 2 unspecified atom stereocenters. The molecule has 0 radical (unpaired) electrons. The van der Waals surface area contributed by atoms with Gasteiger partial charge in [-0.2, -0.15) is 4.98 Å². The smallest absolute Gasteiger partial charge is 0.258 e. The van der Waals surface area contributed by atoms with Crippen LogP contribution in [0.3, 0.4) is 0 Å². The molecule has 136 valence electrons. The second-order valence-electron chi connectivity index (χ2n) is 8.50. The zero-order valence-electron chi connectivity index (χ0n) is 15.2. The Morgan fingerprint density at radius 3 is 2.60 bits per heavy atom. The zero-order valence-corrected chi connectivity index (χ0v) is 15.2. The summed E-state index contributed by atoms with van der Waals surface area (Å²) in [6.07, 6.45) is 6.29. The van der Waals surface area contributed by atoms with E-state index < -0.39 is 5.60 Å². The number of hydrogen-bond donors (Lipinski definition) is 2. The summed E-state index contributed by atoms with van der Waals surface area (Å²) in [6, 6.07) is 0.137. The molecular formula is C19H27N3O3. The highest BCUT2D eigenvalue weighted by atomic mass is 16.5. The van der Waals surface area contributed by atoms with Gasteiger partial charge in [-0.1, -0.05) is 0 Å². The number of aromatic nitrogens is 2. The maximum atomic E-state index is 12.9. The van der Waals surface area contributed by atoms with Crippen LogP contribution in [0.5, 0.6) is 5.88 Å². The Morgan fingerprint density at radius 2 is 2.00 bits per heavy atom. The topological polar surface area (TPSA) is 84.3 Å². The van der Waals surface area contributed by atoms with E-state index in [4.69, 9.17) is 4.74 Å². The van der Waals surface area contributed by atoms with Crippen LogP contribution in [0.2, 0.25) is 0 Å². The van der Waals surface area contributed by atoms with Crippen LogP contribution in [0, 0.1) is 24.7 Å². The summed E-state index contributed by atoms with van der Waals surface area (Å²) in [5.74, 6) is 2.15. The van der Waals surface area contributed by atoms with E-state index in [0.717, 1.165) is 32.1 Å². The van der Waals surface area contributed by atoms with E-state index in [9.17, 15) is 9.90 Å². The molecule has 0 aliphatic heterocycles. The number of hydrogen-bond acceptors (Lipinski definition) is 5. The van der Waals surface area contributed by atoms with Crippen molar-refractivity contribution in [2.24, 2.45) is 17.8 Å². The molecule has 1 amide bonds. The number of carbonyl (C=O) groups excluding carboxylic acids is 1. The van der Waals surface area contributed by atoms with Crippen molar-refractivity contribution >= 4 is 5.91 Å². The highest BCUT2D eigenvalue weighted by Gasteiger charge is 2.55. The molecule has 6 nitrogen and oxygen atoms in total. The number of ether oxygens (including phenoxy) is 1. The van der Waals surface area contributed by atoms with Crippen LogP contribution in [0.1, 0.15) is 62.1 Å². The molecule has 2 atom stereocenters. The SMILES string of the molecule is Cc1ncc(C(=O)N[C@H]2C3CC4CC2C[C@@](O)(C4)C3)c(OC(C)C)n1. The van der Waals surface area contributed by atoms with Crippen LogP contribution in [-0.4, -0.2) is 38.7 Å². The largest absolute Gasteiger partial charge is 0.474 e. The van der Waals surface area contributed by atoms with Crippen molar-refractivity contribution in [2.75, 3.05) is 0 Å². The normalized spacial score (nSPS) is 35.9. The van der Waals surface area contributed by atoms with Gasteiger partial charge in [0.2, 0.25) is 5.88 Å². The number of nitrogens with one attached hydrogen (secondary N) is 1. The predicted octanol–water partition coefficient (Wildman–Crippen LogP) is 2.24. The summed E-state index contributed by atoms with van der Waals surface area (Å²) >= 11 is 0. The van der Waals surface area contributed by atoms with E-state index in [2.05, 4.69) is 15.3 Å². The molecule has 1 aromatic heterocycles. The fourth-order valence-corrected chi connectivity index (χ4v) is 5.36. The number of amides is 1. The molecule has 2 N–H and O–H groups in total. The molecule has 1 aromatic rings. The average molecular weight is 345 g/mol. The van der Waals surface area contributed by atoms with Crippen molar-refractivity contribution in [3.8, 4) is 5.88 Å². The highest BCUT2D eigenvalue weighted by molar-refractivity contribution is 5.96. The van der Waals surface area contributed by atoms with Crippen molar-refractivity contribution in [3.63, 3.8) is 0 Å². The van der Waals surface area contributed by atoms with Gasteiger partial charge in [-0.05, 0) is 70.6 Å². The fraction of sp³-hybridized carbons (Fsp3) is 0.737. The van der Waals surface area contributed by atoms with E-state index >= 15 is 0 Å². The van der Waals surface area contributed by atoms with Gasteiger partial charge >= 0.3 is 0 Å². The maximum absolute atomic E-state index is 12.9. The molecule has 0 spiro atoms. The van der Waals surface area contributed by atoms with Crippen LogP contribution in [0.15, 0.2) is 6.20 Å². The first kappa shape index (κ1) is 16.8. The first-order chi connectivity index (χ1) is 11.8. The van der Waals surface area contributed by atoms with Crippen LogP contribution in [0.4, 0.5) is 0 Å². The number of aryl methyl sites for hydroxylation is 1. The number of rotatable bonds is 4. The summed E-state index contributed by atoms with van der Waals surface area (Å²) in [6.45, 7) is 5.61. The Balaban J connectivity index is 1.53. The van der Waals surface area contributed by atoms with Gasteiger partial charge in [0.15, 0.2) is 0 Å². The zero-order chi connectivity index (χ0) is 17.8. The summed E-state index contributed by atoms with van der Waals surface area (Å²) in [5.41, 5.74) is -0.0943. The summed E-state index contributed by atoms with van der Waals surface area (Å²) in [4.78, 5) is 21.4. The van der Waals surface area contributed by atoms with Gasteiger partial charge in [0.25, 0.3) is 5.91 Å². The molecule has 4 saturated carbocycles. The van der Waals surface area contributed by atoms with E-state index in [-0.39, 0.29) is 18.1 Å². The predicted molar refractivity (Wildman–Crippen MR) is 92.3 cm³/mol. The lowest BCUT2D eigenvalue weighted by Crippen LogP contribution is -2.61. The van der Waals surface area contributed by atoms with Gasteiger partial charge < -0.3 is 15.2 Å². The summed E-state index contributed by atoms with van der Waals surface area (Å²) < 4.78 is 5.72. The average Bonchev–Trinajstić information content (AvgIpc) is 2.48. The van der Waals surface area contributed by atoms with Crippen LogP contribution < -0.4 is 10.1 Å². The minimum absolute atomic E-state index is 0.0590. The quantitative estimate of drug-likeness (QED) is 0.874. The Labute approximate surface area is 148 Å². The van der Waals surface area contributed by atoms with Gasteiger partial charge in [0.05, 0.1) is 11.7 Å². The van der Waals surface area contributed by atoms with Gasteiger partial charge in [0, 0.05) is 12.2 Å². The lowest BCUT2D eigenvalue weighted by atomic mass is 9.52. The maximum Gasteiger partial charge on any atom is 0.258 e. The number of carbonyl (C=O) groups is 1. The summed E-state index contributed by atoms with van der Waals surface area (Å²) in [5, 5.41) is 13.9. The van der Waals surface area contributed by atoms with Gasteiger partial charge in [-0.3, -0.25) is 4.79 Å². The van der Waals surface area contributed by atoms with E-state index in [1.54, 1.807) is 13.1 Å². The third kappa shape index (κ3) is 3.12. The van der Waals surface area contributed by atoms with Crippen molar-refractivity contribution in [2.45, 2.75) is 70.6 Å². The molecule has 25 heavy (non-hydrogen) atoms. The molecule has 1 heterocycles. The standard InChI is InChI=1S/C19H27N3O3/c1-10(2)25-18-15(9-20-11(3)21-18)17(23)22-16-13-4-12-5-14(16)8-19(24,6-12)7-13/h9-10,12-14,16,24H,4-8H2,1-3H3,(H,22,23)/t12?,13?,14?,16-,19+. The fourth-order valence-electron chi connectivity index (χ4n) is 5.36. The molecular weight excluding hydrogens is 318 g/mol. The summed E-state index contributed by atoms with van der Waals surface area (Å²) in [7, 11) is 0. The monoisotopic (exact) mass is 345 g/mol. The van der Waals surface area contributed by atoms with Crippen LogP contribution >= 0.6 is 0 Å². The third-order valence-corrected chi connectivity index (χ3v) is 6.00. The molecule has 4 aliphatic carbocycles. The molecule has 6 heteroatoms. The van der Waals surface area contributed by atoms with Crippen LogP contribution in [0.25, 0.3) is 0 Å². The Bertz CT molecular complexity index is 674. The van der Waals surface area contributed by atoms with Crippen LogP contribution in [-0.2, 0) is 0 Å². The van der Waals surface area contributed by atoms with E-state index in [1.807, 2.05) is 13.8 Å². The van der Waals surface area contributed by atoms with Gasteiger partial charge in [-0.15, -0.1) is 0 Å².